The molecule has 0 saturated carbocycles. The van der Waals surface area contributed by atoms with Gasteiger partial charge in [-0.25, -0.2) is 0 Å². The summed E-state index contributed by atoms with van der Waals surface area (Å²) in [5.74, 6) is 0.615. The van der Waals surface area contributed by atoms with Crippen LogP contribution in [0.1, 0.15) is 24.0 Å². The van der Waals surface area contributed by atoms with Crippen molar-refractivity contribution in [1.29, 1.82) is 0 Å². The highest BCUT2D eigenvalue weighted by atomic mass is 35.5. The number of nitrogens with zero attached hydrogens (tertiary/aromatic N) is 1. The van der Waals surface area contributed by atoms with E-state index in [-0.39, 0.29) is 11.8 Å². The van der Waals surface area contributed by atoms with Gasteiger partial charge >= 0.3 is 6.18 Å². The molecule has 1 unspecified atom stereocenters. The third kappa shape index (κ3) is 5.64. The average Bonchev–Trinajstić information content (AvgIpc) is 2.68. The van der Waals surface area contributed by atoms with Gasteiger partial charge in [0, 0.05) is 24.0 Å². The SMILES string of the molecule is O=C(Cc1ccc(Cl)cc1)N1CCCC(COc2ccc(C(F)(F)F)cc2)C1. The van der Waals surface area contributed by atoms with E-state index in [0.717, 1.165) is 30.5 Å². The Balaban J connectivity index is 1.50. The molecule has 0 aliphatic carbocycles. The number of hydrogen-bond donors (Lipinski definition) is 0. The van der Waals surface area contributed by atoms with E-state index in [9.17, 15) is 18.0 Å². The minimum atomic E-state index is -4.35. The first-order valence-corrected chi connectivity index (χ1v) is 9.51. The molecule has 1 aliphatic heterocycles. The normalized spacial score (nSPS) is 17.4. The molecule has 1 fully saturated rings. The summed E-state index contributed by atoms with van der Waals surface area (Å²) >= 11 is 5.87. The van der Waals surface area contributed by atoms with Crippen LogP contribution in [0.5, 0.6) is 5.75 Å². The molecule has 1 aliphatic rings. The van der Waals surface area contributed by atoms with Crippen molar-refractivity contribution in [2.24, 2.45) is 5.92 Å². The Bertz CT molecular complexity index is 791. The van der Waals surface area contributed by atoms with Crippen molar-refractivity contribution in [2.75, 3.05) is 19.7 Å². The summed E-state index contributed by atoms with van der Waals surface area (Å²) in [6.45, 7) is 1.67. The van der Waals surface area contributed by atoms with Gasteiger partial charge in [-0.05, 0) is 54.8 Å². The van der Waals surface area contributed by atoms with E-state index in [1.165, 1.54) is 12.1 Å². The summed E-state index contributed by atoms with van der Waals surface area (Å²) in [5.41, 5.74) is 0.217. The molecule has 7 heteroatoms. The number of benzene rings is 2. The number of likely N-dealkylation sites (tertiary alicyclic amines) is 1. The van der Waals surface area contributed by atoms with Crippen LogP contribution in [0.25, 0.3) is 0 Å². The fourth-order valence-corrected chi connectivity index (χ4v) is 3.40. The van der Waals surface area contributed by atoms with Crippen LogP contribution in [0.4, 0.5) is 13.2 Å². The minimum absolute atomic E-state index is 0.0570. The summed E-state index contributed by atoms with van der Waals surface area (Å²) < 4.78 is 43.5. The van der Waals surface area contributed by atoms with Crippen LogP contribution in [0.2, 0.25) is 5.02 Å². The molecule has 1 heterocycles. The molecule has 1 atom stereocenters. The van der Waals surface area contributed by atoms with Gasteiger partial charge in [0.1, 0.15) is 5.75 Å². The van der Waals surface area contributed by atoms with Crippen molar-refractivity contribution in [2.45, 2.75) is 25.4 Å². The maximum absolute atomic E-state index is 12.6. The second-order valence-electron chi connectivity index (χ2n) is 6.98. The molecule has 0 bridgehead atoms. The fraction of sp³-hybridized carbons (Fsp3) is 0.381. The highest BCUT2D eigenvalue weighted by Crippen LogP contribution is 2.30. The lowest BCUT2D eigenvalue weighted by Crippen LogP contribution is -2.42. The van der Waals surface area contributed by atoms with E-state index in [4.69, 9.17) is 16.3 Å². The van der Waals surface area contributed by atoms with Crippen molar-refractivity contribution in [3.63, 3.8) is 0 Å². The van der Waals surface area contributed by atoms with Crippen molar-refractivity contribution in [3.05, 3.63) is 64.7 Å². The first-order chi connectivity index (χ1) is 13.3. The van der Waals surface area contributed by atoms with Crippen molar-refractivity contribution < 1.29 is 22.7 Å². The lowest BCUT2D eigenvalue weighted by atomic mass is 9.98. The predicted molar refractivity (Wildman–Crippen MR) is 101 cm³/mol. The van der Waals surface area contributed by atoms with Crippen LogP contribution in [0, 0.1) is 5.92 Å². The molecule has 0 radical (unpaired) electrons. The molecule has 28 heavy (non-hydrogen) atoms. The predicted octanol–water partition coefficient (Wildman–Crippen LogP) is 5.22. The number of hydrogen-bond acceptors (Lipinski definition) is 2. The second kappa shape index (κ2) is 8.86. The van der Waals surface area contributed by atoms with Crippen molar-refractivity contribution in [1.82, 2.24) is 4.90 Å². The standard InChI is InChI=1S/C21H21ClF3NO2/c22-18-7-3-15(4-8-18)12-20(27)26-11-1-2-16(13-26)14-28-19-9-5-17(6-10-19)21(23,24)25/h3-10,16H,1-2,11-14H2. The van der Waals surface area contributed by atoms with E-state index in [1.54, 1.807) is 12.1 Å². The number of piperidine rings is 1. The molecule has 2 aromatic rings. The largest absolute Gasteiger partial charge is 0.493 e. The highest BCUT2D eigenvalue weighted by molar-refractivity contribution is 6.30. The van der Waals surface area contributed by atoms with Crippen LogP contribution >= 0.6 is 11.6 Å². The Morgan fingerprint density at radius 2 is 1.79 bits per heavy atom. The quantitative estimate of drug-likeness (QED) is 0.675. The monoisotopic (exact) mass is 411 g/mol. The topological polar surface area (TPSA) is 29.5 Å². The molecular weight excluding hydrogens is 391 g/mol. The third-order valence-electron chi connectivity index (χ3n) is 4.81. The van der Waals surface area contributed by atoms with E-state index in [1.807, 2.05) is 17.0 Å². The highest BCUT2D eigenvalue weighted by Gasteiger charge is 2.30. The Kier molecular flexibility index (Phi) is 6.50. The lowest BCUT2D eigenvalue weighted by Gasteiger charge is -2.32. The fourth-order valence-electron chi connectivity index (χ4n) is 3.27. The molecule has 150 valence electrons. The molecule has 1 amide bonds. The van der Waals surface area contributed by atoms with E-state index in [0.29, 0.717) is 36.9 Å². The smallest absolute Gasteiger partial charge is 0.416 e. The van der Waals surface area contributed by atoms with Gasteiger partial charge in [0.25, 0.3) is 0 Å². The zero-order chi connectivity index (χ0) is 20.1. The minimum Gasteiger partial charge on any atom is -0.493 e. The van der Waals surface area contributed by atoms with E-state index < -0.39 is 11.7 Å². The van der Waals surface area contributed by atoms with Crippen LogP contribution < -0.4 is 4.74 Å². The van der Waals surface area contributed by atoms with Gasteiger partial charge in [0.2, 0.25) is 5.91 Å². The number of ether oxygens (including phenoxy) is 1. The van der Waals surface area contributed by atoms with Crippen LogP contribution in [0.3, 0.4) is 0 Å². The molecule has 1 saturated heterocycles. The molecule has 0 spiro atoms. The summed E-state index contributed by atoms with van der Waals surface area (Å²) in [6.07, 6.45) is -2.23. The van der Waals surface area contributed by atoms with E-state index >= 15 is 0 Å². The Labute approximate surface area is 167 Å². The Morgan fingerprint density at radius 3 is 2.43 bits per heavy atom. The number of carbonyl (C=O) groups excluding carboxylic acids is 1. The molecule has 2 aromatic carbocycles. The summed E-state index contributed by atoms with van der Waals surface area (Å²) in [7, 11) is 0. The first-order valence-electron chi connectivity index (χ1n) is 9.13. The van der Waals surface area contributed by atoms with Crippen LogP contribution in [0.15, 0.2) is 48.5 Å². The summed E-state index contributed by atoms with van der Waals surface area (Å²) in [4.78, 5) is 14.4. The Morgan fingerprint density at radius 1 is 1.11 bits per heavy atom. The first kappa shape index (κ1) is 20.5. The molecule has 3 rings (SSSR count). The van der Waals surface area contributed by atoms with Gasteiger partial charge in [-0.1, -0.05) is 23.7 Å². The molecule has 3 nitrogen and oxygen atoms in total. The molecule has 0 aromatic heterocycles. The molecular formula is C21H21ClF3NO2. The van der Waals surface area contributed by atoms with Gasteiger partial charge in [0.15, 0.2) is 0 Å². The van der Waals surface area contributed by atoms with Gasteiger partial charge < -0.3 is 9.64 Å². The van der Waals surface area contributed by atoms with Crippen molar-refractivity contribution >= 4 is 17.5 Å². The Hall–Kier alpha value is -2.21. The average molecular weight is 412 g/mol. The number of rotatable bonds is 5. The van der Waals surface area contributed by atoms with Gasteiger partial charge in [0.05, 0.1) is 18.6 Å². The van der Waals surface area contributed by atoms with Gasteiger partial charge in [-0.3, -0.25) is 4.79 Å². The third-order valence-corrected chi connectivity index (χ3v) is 5.06. The second-order valence-corrected chi connectivity index (χ2v) is 7.42. The number of alkyl halides is 3. The lowest BCUT2D eigenvalue weighted by molar-refractivity contribution is -0.137. The van der Waals surface area contributed by atoms with Crippen molar-refractivity contribution in [3.8, 4) is 5.75 Å². The maximum Gasteiger partial charge on any atom is 0.416 e. The number of amides is 1. The van der Waals surface area contributed by atoms with E-state index in [2.05, 4.69) is 0 Å². The number of halogens is 4. The molecule has 0 N–H and O–H groups in total. The number of carbonyl (C=O) groups is 1. The van der Waals surface area contributed by atoms with Crippen LogP contribution in [-0.4, -0.2) is 30.5 Å². The maximum atomic E-state index is 12.6. The van der Waals surface area contributed by atoms with Gasteiger partial charge in [-0.15, -0.1) is 0 Å². The van der Waals surface area contributed by atoms with Gasteiger partial charge in [-0.2, -0.15) is 13.2 Å². The zero-order valence-corrected chi connectivity index (χ0v) is 16.0. The zero-order valence-electron chi connectivity index (χ0n) is 15.2. The van der Waals surface area contributed by atoms with Crippen LogP contribution in [-0.2, 0) is 17.4 Å². The summed E-state index contributed by atoms with van der Waals surface area (Å²) in [6, 6.07) is 11.9. The summed E-state index contributed by atoms with van der Waals surface area (Å²) in [5, 5.41) is 0.634.